The first-order valence-electron chi connectivity index (χ1n) is 4.67. The number of halogens is 2. The van der Waals surface area contributed by atoms with E-state index in [2.05, 4.69) is 18.8 Å². The molecule has 0 bridgehead atoms. The predicted molar refractivity (Wildman–Crippen MR) is 62.9 cm³/mol. The molecule has 1 aromatic rings. The van der Waals surface area contributed by atoms with Crippen LogP contribution in [0.15, 0.2) is 18.2 Å². The molecule has 0 saturated heterocycles. The second kappa shape index (κ2) is 5.96. The Bertz CT molecular complexity index is 338. The van der Waals surface area contributed by atoms with Crippen LogP contribution >= 0.6 is 23.2 Å². The second-order valence-electron chi connectivity index (χ2n) is 3.06. The van der Waals surface area contributed by atoms with E-state index in [0.717, 1.165) is 18.4 Å². The van der Waals surface area contributed by atoms with Gasteiger partial charge in [-0.1, -0.05) is 48.4 Å². The molecule has 0 aliphatic rings. The first-order chi connectivity index (χ1) is 6.72. The van der Waals surface area contributed by atoms with Crippen molar-refractivity contribution >= 4 is 23.2 Å². The Morgan fingerprint density at radius 1 is 1.14 bits per heavy atom. The molecule has 14 heavy (non-hydrogen) atoms. The highest BCUT2D eigenvalue weighted by atomic mass is 35.5. The van der Waals surface area contributed by atoms with E-state index >= 15 is 0 Å². The van der Waals surface area contributed by atoms with Gasteiger partial charge in [-0.25, -0.2) is 0 Å². The van der Waals surface area contributed by atoms with Gasteiger partial charge in [0.1, 0.15) is 0 Å². The molecule has 0 nitrogen and oxygen atoms in total. The van der Waals surface area contributed by atoms with Crippen molar-refractivity contribution in [3.05, 3.63) is 33.8 Å². The Hall–Kier alpha value is -0.640. The van der Waals surface area contributed by atoms with Crippen molar-refractivity contribution in [3.8, 4) is 11.8 Å². The zero-order valence-corrected chi connectivity index (χ0v) is 9.62. The fraction of sp³-hybridized carbons (Fsp3) is 0.333. The van der Waals surface area contributed by atoms with E-state index in [1.807, 2.05) is 12.1 Å². The summed E-state index contributed by atoms with van der Waals surface area (Å²) in [5.41, 5.74) is 0.888. The largest absolute Gasteiger partial charge is 0.0979 e. The fourth-order valence-corrected chi connectivity index (χ4v) is 1.58. The van der Waals surface area contributed by atoms with E-state index in [-0.39, 0.29) is 0 Å². The summed E-state index contributed by atoms with van der Waals surface area (Å²) in [6.45, 7) is 2.15. The molecule has 2 heteroatoms. The van der Waals surface area contributed by atoms with Crippen LogP contribution in [0.4, 0.5) is 0 Å². The maximum atomic E-state index is 5.84. The lowest BCUT2D eigenvalue weighted by atomic mass is 10.2. The quantitative estimate of drug-likeness (QED) is 0.514. The molecule has 0 unspecified atom stereocenters. The first kappa shape index (κ1) is 11.4. The van der Waals surface area contributed by atoms with E-state index < -0.39 is 0 Å². The zero-order valence-electron chi connectivity index (χ0n) is 8.11. The molecular formula is C12H12Cl2. The van der Waals surface area contributed by atoms with Crippen LogP contribution in [0.25, 0.3) is 0 Å². The van der Waals surface area contributed by atoms with E-state index in [9.17, 15) is 0 Å². The third-order valence-electron chi connectivity index (χ3n) is 1.75. The van der Waals surface area contributed by atoms with Gasteiger partial charge in [0.25, 0.3) is 0 Å². The summed E-state index contributed by atoms with van der Waals surface area (Å²) >= 11 is 11.7. The third-order valence-corrected chi connectivity index (χ3v) is 2.19. The zero-order chi connectivity index (χ0) is 10.4. The summed E-state index contributed by atoms with van der Waals surface area (Å²) in [6, 6.07) is 5.36. The molecule has 0 amide bonds. The Balaban J connectivity index is 2.69. The first-order valence-corrected chi connectivity index (χ1v) is 5.43. The number of rotatable bonds is 2. The summed E-state index contributed by atoms with van der Waals surface area (Å²) in [4.78, 5) is 0. The summed E-state index contributed by atoms with van der Waals surface area (Å²) < 4.78 is 0. The summed E-state index contributed by atoms with van der Waals surface area (Å²) in [6.07, 6.45) is 3.24. The number of benzene rings is 1. The van der Waals surface area contributed by atoms with E-state index in [1.165, 1.54) is 6.42 Å². The monoisotopic (exact) mass is 226 g/mol. The van der Waals surface area contributed by atoms with Gasteiger partial charge < -0.3 is 0 Å². The van der Waals surface area contributed by atoms with Crippen molar-refractivity contribution in [1.82, 2.24) is 0 Å². The standard InChI is InChI=1S/C12H12Cl2/c1-2-3-4-5-6-10-7-11(13)9-12(14)8-10/h7-9H,2-4H2,1H3. The highest BCUT2D eigenvalue weighted by Crippen LogP contribution is 2.18. The van der Waals surface area contributed by atoms with Gasteiger partial charge in [0.2, 0.25) is 0 Å². The van der Waals surface area contributed by atoms with Crippen LogP contribution < -0.4 is 0 Å². The van der Waals surface area contributed by atoms with Crippen LogP contribution in [0, 0.1) is 11.8 Å². The third kappa shape index (κ3) is 4.05. The second-order valence-corrected chi connectivity index (χ2v) is 3.94. The maximum absolute atomic E-state index is 5.84. The van der Waals surface area contributed by atoms with Gasteiger partial charge in [0, 0.05) is 22.0 Å². The molecule has 0 N–H and O–H groups in total. The van der Waals surface area contributed by atoms with Gasteiger partial charge in [0.15, 0.2) is 0 Å². The summed E-state index contributed by atoms with van der Waals surface area (Å²) in [5, 5.41) is 1.27. The lowest BCUT2D eigenvalue weighted by molar-refractivity contribution is 0.828. The number of hydrogen-bond acceptors (Lipinski definition) is 0. The average molecular weight is 227 g/mol. The van der Waals surface area contributed by atoms with Crippen molar-refractivity contribution in [2.75, 3.05) is 0 Å². The average Bonchev–Trinajstić information content (AvgIpc) is 2.11. The Morgan fingerprint density at radius 3 is 2.36 bits per heavy atom. The van der Waals surface area contributed by atoms with E-state index in [4.69, 9.17) is 23.2 Å². The SMILES string of the molecule is CCCCC#Cc1cc(Cl)cc(Cl)c1. The van der Waals surface area contributed by atoms with E-state index in [0.29, 0.717) is 10.0 Å². The topological polar surface area (TPSA) is 0 Å². The minimum absolute atomic E-state index is 0.636. The molecule has 74 valence electrons. The van der Waals surface area contributed by atoms with Crippen LogP contribution in [-0.4, -0.2) is 0 Å². The molecule has 1 rings (SSSR count). The van der Waals surface area contributed by atoms with Crippen molar-refractivity contribution in [2.24, 2.45) is 0 Å². The Labute approximate surface area is 95.2 Å². The summed E-state index contributed by atoms with van der Waals surface area (Å²) in [5.74, 6) is 6.13. The smallest absolute Gasteiger partial charge is 0.0433 e. The molecule has 0 aliphatic heterocycles. The van der Waals surface area contributed by atoms with Gasteiger partial charge in [-0.05, 0) is 24.6 Å². The van der Waals surface area contributed by atoms with Gasteiger partial charge >= 0.3 is 0 Å². The Kier molecular flexibility index (Phi) is 4.87. The molecule has 0 aromatic heterocycles. The number of hydrogen-bond donors (Lipinski definition) is 0. The number of unbranched alkanes of at least 4 members (excludes halogenated alkanes) is 2. The molecule has 0 heterocycles. The minimum Gasteiger partial charge on any atom is -0.0979 e. The van der Waals surface area contributed by atoms with Crippen LogP contribution in [0.5, 0.6) is 0 Å². The lowest BCUT2D eigenvalue weighted by Gasteiger charge is -1.94. The minimum atomic E-state index is 0.636. The van der Waals surface area contributed by atoms with E-state index in [1.54, 1.807) is 6.07 Å². The summed E-state index contributed by atoms with van der Waals surface area (Å²) in [7, 11) is 0. The van der Waals surface area contributed by atoms with Crippen LogP contribution in [0.3, 0.4) is 0 Å². The molecule has 0 fully saturated rings. The maximum Gasteiger partial charge on any atom is 0.0433 e. The molecule has 0 saturated carbocycles. The molecule has 1 aromatic carbocycles. The predicted octanol–water partition coefficient (Wildman–Crippen LogP) is 4.54. The van der Waals surface area contributed by atoms with Crippen LogP contribution in [0.2, 0.25) is 10.0 Å². The van der Waals surface area contributed by atoms with Gasteiger partial charge in [-0.3, -0.25) is 0 Å². The van der Waals surface area contributed by atoms with Crippen molar-refractivity contribution in [1.29, 1.82) is 0 Å². The van der Waals surface area contributed by atoms with Gasteiger partial charge in [-0.15, -0.1) is 0 Å². The van der Waals surface area contributed by atoms with Crippen molar-refractivity contribution < 1.29 is 0 Å². The van der Waals surface area contributed by atoms with Crippen molar-refractivity contribution in [2.45, 2.75) is 26.2 Å². The highest BCUT2D eigenvalue weighted by molar-refractivity contribution is 6.34. The lowest BCUT2D eigenvalue weighted by Crippen LogP contribution is -1.75. The van der Waals surface area contributed by atoms with Gasteiger partial charge in [0.05, 0.1) is 0 Å². The molecule has 0 radical (unpaired) electrons. The van der Waals surface area contributed by atoms with Crippen molar-refractivity contribution in [3.63, 3.8) is 0 Å². The molecule has 0 atom stereocenters. The normalized spacial score (nSPS) is 9.36. The molecular weight excluding hydrogens is 215 g/mol. The van der Waals surface area contributed by atoms with Gasteiger partial charge in [-0.2, -0.15) is 0 Å². The Morgan fingerprint density at radius 2 is 1.79 bits per heavy atom. The highest BCUT2D eigenvalue weighted by Gasteiger charge is 1.94. The molecule has 0 spiro atoms. The van der Waals surface area contributed by atoms with Crippen LogP contribution in [-0.2, 0) is 0 Å². The van der Waals surface area contributed by atoms with Crippen LogP contribution in [0.1, 0.15) is 31.7 Å². The molecule has 0 aliphatic carbocycles. The fourth-order valence-electron chi connectivity index (χ4n) is 1.06.